The molecule has 2 aliphatic heterocycles. The van der Waals surface area contributed by atoms with Crippen LogP contribution in [0.2, 0.25) is 0 Å². The van der Waals surface area contributed by atoms with Gasteiger partial charge in [0.25, 0.3) is 0 Å². The molecule has 260 valence electrons. The molecule has 1 fully saturated rings. The SMILES string of the molecule is CCOC(=O)C1=C(C=O)/C(=C2\C[C@H](CO)C(=O)[C@@H](c3ccc4[nH]ccc4c3)C2)c2c(OCCCO)c3c(c(CO)c2O1)O[C@H](C(C)(C)O)C3. The van der Waals surface area contributed by atoms with Crippen molar-refractivity contribution in [3.63, 3.8) is 0 Å². The van der Waals surface area contributed by atoms with Gasteiger partial charge in [-0.25, -0.2) is 4.79 Å². The molecule has 1 aliphatic carbocycles. The molecule has 12 nitrogen and oxygen atoms in total. The summed E-state index contributed by atoms with van der Waals surface area (Å²) in [7, 11) is 0. The molecule has 3 aromatic rings. The van der Waals surface area contributed by atoms with Crippen molar-refractivity contribution < 1.29 is 53.8 Å². The second kappa shape index (κ2) is 13.8. The first-order valence-corrected chi connectivity index (χ1v) is 16.5. The van der Waals surface area contributed by atoms with Crippen LogP contribution >= 0.6 is 0 Å². The number of carbonyl (C=O) groups excluding carboxylic acids is 3. The van der Waals surface area contributed by atoms with Gasteiger partial charge in [0, 0.05) is 54.1 Å². The smallest absolute Gasteiger partial charge is 0.375 e. The molecule has 0 unspecified atom stereocenters. The summed E-state index contributed by atoms with van der Waals surface area (Å²) in [6.45, 7) is 3.67. The Morgan fingerprint density at radius 1 is 1.12 bits per heavy atom. The number of aromatic amines is 1. The molecule has 5 N–H and O–H groups in total. The maximum Gasteiger partial charge on any atom is 0.375 e. The molecule has 0 radical (unpaired) electrons. The molecule has 3 atom stereocenters. The number of fused-ring (bicyclic) bond motifs is 3. The van der Waals surface area contributed by atoms with Crippen molar-refractivity contribution in [1.29, 1.82) is 0 Å². The van der Waals surface area contributed by atoms with Crippen LogP contribution in [0.25, 0.3) is 16.5 Å². The van der Waals surface area contributed by atoms with Crippen LogP contribution < -0.4 is 14.2 Å². The van der Waals surface area contributed by atoms with Gasteiger partial charge in [0.2, 0.25) is 5.76 Å². The molecule has 0 bridgehead atoms. The van der Waals surface area contributed by atoms with Crippen LogP contribution in [-0.2, 0) is 32.1 Å². The molecule has 6 rings (SSSR count). The normalized spacial score (nSPS) is 22.0. The molecule has 3 heterocycles. The van der Waals surface area contributed by atoms with Gasteiger partial charge in [-0.1, -0.05) is 11.6 Å². The fourth-order valence-corrected chi connectivity index (χ4v) is 7.04. The van der Waals surface area contributed by atoms with E-state index in [0.29, 0.717) is 17.4 Å². The summed E-state index contributed by atoms with van der Waals surface area (Å²) >= 11 is 0. The van der Waals surface area contributed by atoms with Gasteiger partial charge in [-0.15, -0.1) is 0 Å². The van der Waals surface area contributed by atoms with Gasteiger partial charge in [0.05, 0.1) is 48.7 Å². The maximum absolute atomic E-state index is 13.8. The van der Waals surface area contributed by atoms with E-state index in [1.165, 1.54) is 0 Å². The number of H-pyrrole nitrogens is 1. The molecule has 0 amide bonds. The number of hydrogen-bond donors (Lipinski definition) is 5. The number of esters is 1. The zero-order chi connectivity index (χ0) is 35.0. The predicted octanol–water partition coefficient (Wildman–Crippen LogP) is 3.41. The highest BCUT2D eigenvalue weighted by molar-refractivity contribution is 6.11. The van der Waals surface area contributed by atoms with Crippen LogP contribution in [0.5, 0.6) is 17.2 Å². The van der Waals surface area contributed by atoms with E-state index >= 15 is 0 Å². The average Bonchev–Trinajstić information content (AvgIpc) is 3.75. The third-order valence-corrected chi connectivity index (χ3v) is 9.48. The topological polar surface area (TPSA) is 185 Å². The summed E-state index contributed by atoms with van der Waals surface area (Å²) < 4.78 is 24.1. The third kappa shape index (κ3) is 6.14. The molecular formula is C37H41NO11. The quantitative estimate of drug-likeness (QED) is 0.114. The average molecular weight is 676 g/mol. The highest BCUT2D eigenvalue weighted by Gasteiger charge is 2.45. The van der Waals surface area contributed by atoms with Gasteiger partial charge < -0.3 is 44.4 Å². The van der Waals surface area contributed by atoms with Crippen molar-refractivity contribution in [3.8, 4) is 17.2 Å². The van der Waals surface area contributed by atoms with Gasteiger partial charge in [-0.05, 0) is 62.8 Å². The van der Waals surface area contributed by atoms with E-state index in [-0.39, 0.29) is 90.8 Å². The fourth-order valence-electron chi connectivity index (χ4n) is 7.04. The Kier molecular flexibility index (Phi) is 9.67. The lowest BCUT2D eigenvalue weighted by Crippen LogP contribution is -2.39. The number of nitrogens with one attached hydrogen (secondary N) is 1. The Balaban J connectivity index is 1.65. The number of rotatable bonds is 11. The number of aromatic nitrogens is 1. The number of ketones is 1. The molecule has 3 aliphatic rings. The highest BCUT2D eigenvalue weighted by Crippen LogP contribution is 2.56. The van der Waals surface area contributed by atoms with Crippen molar-refractivity contribution in [1.82, 2.24) is 4.98 Å². The van der Waals surface area contributed by atoms with E-state index < -0.39 is 48.5 Å². The molecule has 1 aromatic heterocycles. The first-order valence-electron chi connectivity index (χ1n) is 16.5. The van der Waals surface area contributed by atoms with Crippen LogP contribution in [0.4, 0.5) is 0 Å². The van der Waals surface area contributed by atoms with E-state index in [0.717, 1.165) is 16.5 Å². The Labute approximate surface area is 282 Å². The summed E-state index contributed by atoms with van der Waals surface area (Å²) in [6.07, 6.45) is 2.24. The molecule has 2 aromatic carbocycles. The zero-order valence-electron chi connectivity index (χ0n) is 27.7. The Morgan fingerprint density at radius 3 is 2.59 bits per heavy atom. The minimum absolute atomic E-state index is 0.00960. The summed E-state index contributed by atoms with van der Waals surface area (Å²) in [4.78, 5) is 43.5. The minimum Gasteiger partial charge on any atom is -0.492 e. The number of aliphatic hydroxyl groups excluding tert-OH is 3. The van der Waals surface area contributed by atoms with Crippen molar-refractivity contribution in [3.05, 3.63) is 69.6 Å². The number of benzene rings is 2. The molecule has 49 heavy (non-hydrogen) atoms. The summed E-state index contributed by atoms with van der Waals surface area (Å²) in [5.41, 5.74) is 2.04. The second-order valence-electron chi connectivity index (χ2n) is 13.1. The van der Waals surface area contributed by atoms with Crippen molar-refractivity contribution in [2.45, 2.75) is 70.7 Å². The van der Waals surface area contributed by atoms with Crippen molar-refractivity contribution >= 4 is 34.5 Å². The van der Waals surface area contributed by atoms with Crippen LogP contribution in [0.1, 0.15) is 68.2 Å². The van der Waals surface area contributed by atoms with Gasteiger partial charge in [-0.3, -0.25) is 9.59 Å². The first kappa shape index (κ1) is 34.4. The van der Waals surface area contributed by atoms with E-state index in [2.05, 4.69) is 4.98 Å². The van der Waals surface area contributed by atoms with E-state index in [9.17, 15) is 34.8 Å². The van der Waals surface area contributed by atoms with E-state index in [4.69, 9.17) is 18.9 Å². The monoisotopic (exact) mass is 675 g/mol. The lowest BCUT2D eigenvalue weighted by atomic mass is 9.71. The number of ether oxygens (including phenoxy) is 4. The van der Waals surface area contributed by atoms with Gasteiger partial charge in [-0.2, -0.15) is 0 Å². The fraction of sp³-hybridized carbons (Fsp3) is 0.432. The number of carbonyl (C=O) groups is 3. The van der Waals surface area contributed by atoms with Crippen molar-refractivity contribution in [2.24, 2.45) is 5.92 Å². The number of hydrogen-bond acceptors (Lipinski definition) is 11. The standard InChI is InChI=1S/C37H41NO11/c1-4-46-36(44)35-25(17-41)29(21-13-22(16-40)31(43)23(14-21)19-6-7-27-20(12-19)8-9-38-27)30-33(47-11-5-10-39)24-15-28(37(2,3)45)48-32(24)26(18-42)34(30)49-35/h6-9,12,17,22-23,28,38-40,42,45H,4-5,10-11,13-16,18H2,1-3H3/b29-21-/t22-,23-,28+/m1/s1. The minimum atomic E-state index is -1.30. The number of aliphatic hydroxyl groups is 4. The number of aldehydes is 1. The van der Waals surface area contributed by atoms with Gasteiger partial charge >= 0.3 is 5.97 Å². The molecule has 0 saturated heterocycles. The molecule has 0 spiro atoms. The maximum atomic E-state index is 13.8. The lowest BCUT2D eigenvalue weighted by Gasteiger charge is -2.34. The predicted molar refractivity (Wildman–Crippen MR) is 177 cm³/mol. The van der Waals surface area contributed by atoms with Crippen LogP contribution in [0.15, 0.2) is 47.4 Å². The molecule has 1 saturated carbocycles. The highest BCUT2D eigenvalue weighted by atomic mass is 16.6. The van der Waals surface area contributed by atoms with Gasteiger partial charge in [0.1, 0.15) is 29.1 Å². The van der Waals surface area contributed by atoms with Crippen molar-refractivity contribution in [2.75, 3.05) is 26.4 Å². The molecule has 12 heteroatoms. The summed E-state index contributed by atoms with van der Waals surface area (Å²) in [6, 6.07) is 7.56. The largest absolute Gasteiger partial charge is 0.492 e. The van der Waals surface area contributed by atoms with Crippen LogP contribution in [0, 0.1) is 5.92 Å². The number of Topliss-reactive ketones (excluding diaryl/α,β-unsaturated/α-hetero) is 1. The summed E-state index contributed by atoms with van der Waals surface area (Å²) in [5, 5.41) is 42.7. The Hall–Kier alpha value is -4.49. The van der Waals surface area contributed by atoms with Crippen LogP contribution in [-0.4, -0.2) is 81.6 Å². The second-order valence-corrected chi connectivity index (χ2v) is 13.1. The Morgan fingerprint density at radius 2 is 1.92 bits per heavy atom. The first-order chi connectivity index (χ1) is 23.6. The van der Waals surface area contributed by atoms with E-state index in [1.807, 2.05) is 24.3 Å². The lowest BCUT2D eigenvalue weighted by molar-refractivity contribution is -0.141. The number of allylic oxidation sites excluding steroid dienone is 3. The van der Waals surface area contributed by atoms with Crippen LogP contribution in [0.3, 0.4) is 0 Å². The third-order valence-electron chi connectivity index (χ3n) is 9.48. The van der Waals surface area contributed by atoms with E-state index in [1.54, 1.807) is 27.0 Å². The zero-order valence-corrected chi connectivity index (χ0v) is 27.7. The summed E-state index contributed by atoms with van der Waals surface area (Å²) in [5.74, 6) is -2.49. The van der Waals surface area contributed by atoms with Gasteiger partial charge in [0.15, 0.2) is 6.29 Å². The molecular weight excluding hydrogens is 634 g/mol. The Bertz CT molecular complexity index is 1860.